The lowest BCUT2D eigenvalue weighted by Crippen LogP contribution is -2.42. The summed E-state index contributed by atoms with van der Waals surface area (Å²) in [6.45, 7) is 5.38. The van der Waals surface area contributed by atoms with Gasteiger partial charge in [-0.1, -0.05) is 18.2 Å². The van der Waals surface area contributed by atoms with Crippen LogP contribution in [0, 0.1) is 6.92 Å². The van der Waals surface area contributed by atoms with E-state index >= 15 is 0 Å². The molecule has 0 radical (unpaired) electrons. The molecule has 3 aromatic rings. The number of aliphatic hydroxyl groups is 1. The van der Waals surface area contributed by atoms with Gasteiger partial charge in [-0.2, -0.15) is 0 Å². The van der Waals surface area contributed by atoms with E-state index in [1.807, 2.05) is 6.07 Å². The Morgan fingerprint density at radius 1 is 1.12 bits per heavy atom. The van der Waals surface area contributed by atoms with E-state index in [4.69, 9.17) is 4.74 Å². The van der Waals surface area contributed by atoms with Gasteiger partial charge in [0.15, 0.2) is 5.76 Å². The number of morpholine rings is 1. The average molecular weight is 463 g/mol. The summed E-state index contributed by atoms with van der Waals surface area (Å²) >= 11 is 0. The molecule has 2 fully saturated rings. The van der Waals surface area contributed by atoms with Crippen LogP contribution in [0.2, 0.25) is 0 Å². The van der Waals surface area contributed by atoms with Crippen LogP contribution in [0.5, 0.6) is 5.75 Å². The Balaban J connectivity index is 1.61. The fourth-order valence-electron chi connectivity index (χ4n) is 4.75. The number of fused-ring (bicyclic) bond motifs is 1. The van der Waals surface area contributed by atoms with E-state index in [2.05, 4.69) is 9.88 Å². The van der Waals surface area contributed by atoms with Gasteiger partial charge in [-0.05, 0) is 36.8 Å². The van der Waals surface area contributed by atoms with Gasteiger partial charge in [-0.3, -0.25) is 18.9 Å². The largest absolute Gasteiger partial charge is 0.508 e. The second kappa shape index (κ2) is 8.92. The van der Waals surface area contributed by atoms with Crippen molar-refractivity contribution in [1.82, 2.24) is 19.2 Å². The standard InChI is InChI=1S/C25H26N4O5/c1-16-21(28-8-3-2-7-19(28)26-16)23(31)20-22(17-5-4-6-18(30)15-17)29(25(33)24(20)32)10-9-27-11-13-34-14-12-27/h2-8,15,22,30-31H,9-14H2,1H3. The highest BCUT2D eigenvalue weighted by Crippen LogP contribution is 2.40. The minimum absolute atomic E-state index is 0.00803. The van der Waals surface area contributed by atoms with Gasteiger partial charge in [0.05, 0.1) is 30.5 Å². The third-order valence-corrected chi connectivity index (χ3v) is 6.42. The maximum Gasteiger partial charge on any atom is 0.295 e. The number of aromatic hydroxyl groups is 1. The number of carbonyl (C=O) groups excluding carboxylic acids is 2. The summed E-state index contributed by atoms with van der Waals surface area (Å²) in [7, 11) is 0. The molecule has 0 aliphatic carbocycles. The molecule has 5 rings (SSSR count). The number of aromatic nitrogens is 2. The summed E-state index contributed by atoms with van der Waals surface area (Å²) in [6, 6.07) is 11.1. The summed E-state index contributed by atoms with van der Waals surface area (Å²) in [5.74, 6) is -1.69. The SMILES string of the molecule is Cc1nc2ccccn2c1C(O)=C1C(=O)C(=O)N(CCN2CCOCC2)C1c1cccc(O)c1. The predicted octanol–water partition coefficient (Wildman–Crippen LogP) is 2.10. The lowest BCUT2D eigenvalue weighted by Gasteiger charge is -2.31. The van der Waals surface area contributed by atoms with Gasteiger partial charge < -0.3 is 19.8 Å². The number of ether oxygens (including phenoxy) is 1. The van der Waals surface area contributed by atoms with Gasteiger partial charge in [-0.25, -0.2) is 4.98 Å². The van der Waals surface area contributed by atoms with Crippen molar-refractivity contribution in [1.29, 1.82) is 0 Å². The number of nitrogens with zero attached hydrogens (tertiary/aromatic N) is 4. The molecule has 4 heterocycles. The number of aryl methyl sites for hydroxylation is 1. The molecule has 0 bridgehead atoms. The summed E-state index contributed by atoms with van der Waals surface area (Å²) in [5, 5.41) is 21.6. The molecule has 2 saturated heterocycles. The molecule has 176 valence electrons. The third-order valence-electron chi connectivity index (χ3n) is 6.42. The highest BCUT2D eigenvalue weighted by molar-refractivity contribution is 6.46. The van der Waals surface area contributed by atoms with Crippen LogP contribution < -0.4 is 0 Å². The van der Waals surface area contributed by atoms with Crippen LogP contribution in [0.25, 0.3) is 11.4 Å². The lowest BCUT2D eigenvalue weighted by molar-refractivity contribution is -0.140. The van der Waals surface area contributed by atoms with E-state index in [0.29, 0.717) is 48.9 Å². The average Bonchev–Trinajstić information content (AvgIpc) is 3.31. The smallest absolute Gasteiger partial charge is 0.295 e. The normalized spacial score (nSPS) is 21.0. The maximum atomic E-state index is 13.3. The molecule has 34 heavy (non-hydrogen) atoms. The number of rotatable bonds is 5. The van der Waals surface area contributed by atoms with Gasteiger partial charge >= 0.3 is 0 Å². The number of aliphatic hydroxyl groups excluding tert-OH is 1. The number of benzene rings is 1. The summed E-state index contributed by atoms with van der Waals surface area (Å²) in [6.07, 6.45) is 1.75. The van der Waals surface area contributed by atoms with Crippen LogP contribution in [-0.4, -0.2) is 80.5 Å². The Bertz CT molecular complexity index is 1290. The molecular formula is C25H26N4O5. The minimum atomic E-state index is -0.832. The molecule has 1 unspecified atom stereocenters. The quantitative estimate of drug-likeness (QED) is 0.340. The van der Waals surface area contributed by atoms with Crippen LogP contribution in [0.15, 0.2) is 54.2 Å². The Kier molecular flexibility index (Phi) is 5.80. The summed E-state index contributed by atoms with van der Waals surface area (Å²) < 4.78 is 7.10. The number of phenolic OH excluding ortho intramolecular Hbond substituents is 1. The van der Waals surface area contributed by atoms with Crippen molar-refractivity contribution in [3.8, 4) is 5.75 Å². The molecule has 0 saturated carbocycles. The van der Waals surface area contributed by atoms with Crippen LogP contribution >= 0.6 is 0 Å². The lowest BCUT2D eigenvalue weighted by atomic mass is 9.96. The number of pyridine rings is 1. The molecule has 2 aromatic heterocycles. The summed E-state index contributed by atoms with van der Waals surface area (Å²) in [4.78, 5) is 34.6. The van der Waals surface area contributed by atoms with Gasteiger partial charge in [0, 0.05) is 32.4 Å². The minimum Gasteiger partial charge on any atom is -0.508 e. The molecule has 9 heteroatoms. The van der Waals surface area contributed by atoms with Gasteiger partial charge in [0.1, 0.15) is 17.1 Å². The first-order valence-corrected chi connectivity index (χ1v) is 11.3. The maximum absolute atomic E-state index is 13.3. The predicted molar refractivity (Wildman–Crippen MR) is 124 cm³/mol. The molecule has 1 aromatic carbocycles. The molecule has 1 atom stereocenters. The Labute approximate surface area is 196 Å². The monoisotopic (exact) mass is 462 g/mol. The van der Waals surface area contributed by atoms with Crippen molar-refractivity contribution in [3.63, 3.8) is 0 Å². The van der Waals surface area contributed by atoms with Gasteiger partial charge in [-0.15, -0.1) is 0 Å². The highest BCUT2D eigenvalue weighted by Gasteiger charge is 2.46. The fourth-order valence-corrected chi connectivity index (χ4v) is 4.75. The summed E-state index contributed by atoms with van der Waals surface area (Å²) in [5.41, 5.74) is 2.07. The number of likely N-dealkylation sites (tertiary alicyclic amines) is 1. The van der Waals surface area contributed by atoms with Gasteiger partial charge in [0.25, 0.3) is 11.7 Å². The van der Waals surface area contributed by atoms with Crippen molar-refractivity contribution in [2.45, 2.75) is 13.0 Å². The molecule has 2 aliphatic rings. The molecule has 1 amide bonds. The van der Waals surface area contributed by atoms with E-state index in [1.54, 1.807) is 41.8 Å². The van der Waals surface area contributed by atoms with Crippen molar-refractivity contribution in [2.75, 3.05) is 39.4 Å². The number of imidazole rings is 1. The number of ketones is 1. The highest BCUT2D eigenvalue weighted by atomic mass is 16.5. The molecule has 9 nitrogen and oxygen atoms in total. The van der Waals surface area contributed by atoms with Crippen molar-refractivity contribution in [2.24, 2.45) is 0 Å². The first-order chi connectivity index (χ1) is 16.5. The van der Waals surface area contributed by atoms with Crippen LogP contribution in [0.1, 0.15) is 23.0 Å². The number of hydrogen-bond acceptors (Lipinski definition) is 7. The van der Waals surface area contributed by atoms with Crippen LogP contribution in [-0.2, 0) is 14.3 Å². The second-order valence-electron chi connectivity index (χ2n) is 8.52. The Morgan fingerprint density at radius 3 is 2.68 bits per heavy atom. The number of amides is 1. The topological polar surface area (TPSA) is 108 Å². The first-order valence-electron chi connectivity index (χ1n) is 11.3. The number of hydrogen-bond donors (Lipinski definition) is 2. The van der Waals surface area contributed by atoms with E-state index in [9.17, 15) is 19.8 Å². The van der Waals surface area contributed by atoms with Crippen molar-refractivity contribution >= 4 is 23.1 Å². The molecular weight excluding hydrogens is 436 g/mol. The van der Waals surface area contributed by atoms with Crippen molar-refractivity contribution < 1.29 is 24.5 Å². The van der Waals surface area contributed by atoms with E-state index in [1.165, 1.54) is 17.0 Å². The number of Topliss-reactive ketones (excluding diaryl/α,β-unsaturated/α-hetero) is 1. The first kappa shape index (κ1) is 22.1. The zero-order valence-electron chi connectivity index (χ0n) is 18.8. The van der Waals surface area contributed by atoms with Gasteiger partial charge in [0.2, 0.25) is 0 Å². The van der Waals surface area contributed by atoms with Crippen molar-refractivity contribution in [3.05, 3.63) is 71.2 Å². The van der Waals surface area contributed by atoms with E-state index in [-0.39, 0.29) is 17.1 Å². The molecule has 2 N–H and O–H groups in total. The number of carbonyl (C=O) groups is 2. The second-order valence-corrected chi connectivity index (χ2v) is 8.52. The van der Waals surface area contributed by atoms with E-state index in [0.717, 1.165) is 13.1 Å². The van der Waals surface area contributed by atoms with E-state index < -0.39 is 17.7 Å². The Morgan fingerprint density at radius 2 is 1.91 bits per heavy atom. The third kappa shape index (κ3) is 3.82. The fraction of sp³-hybridized carbons (Fsp3) is 0.320. The van der Waals surface area contributed by atoms with Crippen LogP contribution in [0.4, 0.5) is 0 Å². The molecule has 2 aliphatic heterocycles. The molecule has 0 spiro atoms. The van der Waals surface area contributed by atoms with Crippen LogP contribution in [0.3, 0.4) is 0 Å². The zero-order valence-corrected chi connectivity index (χ0v) is 18.8. The zero-order chi connectivity index (χ0) is 23.8. The Hall–Kier alpha value is -3.69. The number of phenols is 1.